The molecule has 0 radical (unpaired) electrons. The molecule has 246 valence electrons. The van der Waals surface area contributed by atoms with Gasteiger partial charge in [0.05, 0.1) is 13.2 Å². The van der Waals surface area contributed by atoms with E-state index in [1.807, 2.05) is 0 Å². The predicted octanol–water partition coefficient (Wildman–Crippen LogP) is 6.59. The number of hydrogen-bond donors (Lipinski definition) is 4. The van der Waals surface area contributed by atoms with Crippen LogP contribution in [0.25, 0.3) is 0 Å². The largest absolute Gasteiger partial charge is 0.480 e. The lowest BCUT2D eigenvalue weighted by molar-refractivity contribution is -0.150. The molecule has 9 nitrogen and oxygen atoms in total. The van der Waals surface area contributed by atoms with E-state index in [4.69, 9.17) is 14.9 Å². The van der Waals surface area contributed by atoms with Crippen molar-refractivity contribution >= 4 is 23.8 Å². The van der Waals surface area contributed by atoms with Crippen LogP contribution in [0.15, 0.2) is 0 Å². The second-order valence-electron chi connectivity index (χ2n) is 11.6. The SMILES string of the molecule is CCCCCCCCCCC(=O)OC(CCCCCCCC)CCCCCCCC(=O)NCC(=O)NC(CO)C(=O)O. The van der Waals surface area contributed by atoms with E-state index in [0.717, 1.165) is 57.8 Å². The second kappa shape index (κ2) is 28.9. The van der Waals surface area contributed by atoms with Crippen molar-refractivity contribution in [2.24, 2.45) is 0 Å². The molecule has 0 bridgehead atoms. The van der Waals surface area contributed by atoms with E-state index < -0.39 is 24.5 Å². The number of amides is 2. The number of esters is 1. The summed E-state index contributed by atoms with van der Waals surface area (Å²) in [4.78, 5) is 47.0. The first-order chi connectivity index (χ1) is 20.3. The van der Waals surface area contributed by atoms with Crippen LogP contribution in [0.4, 0.5) is 0 Å². The maximum Gasteiger partial charge on any atom is 0.328 e. The van der Waals surface area contributed by atoms with Crippen LogP contribution in [0.2, 0.25) is 0 Å². The van der Waals surface area contributed by atoms with E-state index in [2.05, 4.69) is 24.5 Å². The Kier molecular flexibility index (Phi) is 27.4. The maximum absolute atomic E-state index is 12.5. The van der Waals surface area contributed by atoms with E-state index in [9.17, 15) is 19.2 Å². The molecule has 4 N–H and O–H groups in total. The lowest BCUT2D eigenvalue weighted by Gasteiger charge is -2.18. The van der Waals surface area contributed by atoms with E-state index in [1.54, 1.807) is 0 Å². The summed E-state index contributed by atoms with van der Waals surface area (Å²) in [7, 11) is 0. The smallest absolute Gasteiger partial charge is 0.328 e. The first-order valence-corrected chi connectivity index (χ1v) is 16.9. The molecule has 0 aromatic rings. The number of unbranched alkanes of at least 4 members (excludes halogenated alkanes) is 16. The van der Waals surface area contributed by atoms with Gasteiger partial charge >= 0.3 is 11.9 Å². The minimum Gasteiger partial charge on any atom is -0.480 e. The zero-order valence-corrected chi connectivity index (χ0v) is 26.8. The number of carbonyl (C=O) groups is 4. The molecule has 0 aliphatic carbocycles. The van der Waals surface area contributed by atoms with Crippen LogP contribution in [0.5, 0.6) is 0 Å². The fourth-order valence-electron chi connectivity index (χ4n) is 4.95. The zero-order chi connectivity index (χ0) is 31.3. The number of carbonyl (C=O) groups excluding carboxylic acids is 3. The van der Waals surface area contributed by atoms with Gasteiger partial charge in [0, 0.05) is 12.8 Å². The molecule has 0 spiro atoms. The van der Waals surface area contributed by atoms with Gasteiger partial charge in [-0.15, -0.1) is 0 Å². The average molecular weight is 599 g/mol. The summed E-state index contributed by atoms with van der Waals surface area (Å²) in [6, 6.07) is -1.38. The van der Waals surface area contributed by atoms with Crippen molar-refractivity contribution in [3.8, 4) is 0 Å². The molecule has 0 aliphatic rings. The minimum absolute atomic E-state index is 0.00111. The Labute approximate surface area is 255 Å². The fourth-order valence-corrected chi connectivity index (χ4v) is 4.95. The number of aliphatic hydroxyl groups excluding tert-OH is 1. The molecule has 0 heterocycles. The van der Waals surface area contributed by atoms with Gasteiger partial charge in [-0.3, -0.25) is 14.4 Å². The van der Waals surface area contributed by atoms with Crippen LogP contribution in [-0.4, -0.2) is 59.3 Å². The maximum atomic E-state index is 12.5. The Balaban J connectivity index is 4.16. The first kappa shape index (κ1) is 39.8. The molecule has 2 unspecified atom stereocenters. The molecule has 0 aliphatic heterocycles. The molecule has 0 aromatic heterocycles. The summed E-state index contributed by atoms with van der Waals surface area (Å²) in [5, 5.41) is 22.4. The molecule has 0 saturated carbocycles. The molecular formula is C33H62N2O7. The normalized spacial score (nSPS) is 12.5. The molecule has 42 heavy (non-hydrogen) atoms. The third-order valence-corrected chi connectivity index (χ3v) is 7.60. The van der Waals surface area contributed by atoms with Crippen LogP contribution in [0, 0.1) is 0 Å². The van der Waals surface area contributed by atoms with Crippen LogP contribution < -0.4 is 10.6 Å². The van der Waals surface area contributed by atoms with E-state index in [0.29, 0.717) is 19.3 Å². The highest BCUT2D eigenvalue weighted by Crippen LogP contribution is 2.18. The summed E-state index contributed by atoms with van der Waals surface area (Å²) in [5.41, 5.74) is 0. The summed E-state index contributed by atoms with van der Waals surface area (Å²) in [6.45, 7) is 3.42. The van der Waals surface area contributed by atoms with Crippen molar-refractivity contribution in [3.05, 3.63) is 0 Å². The average Bonchev–Trinajstić information content (AvgIpc) is 2.97. The minimum atomic E-state index is -1.38. The van der Waals surface area contributed by atoms with Crippen molar-refractivity contribution in [1.29, 1.82) is 0 Å². The lowest BCUT2D eigenvalue weighted by Crippen LogP contribution is -2.47. The summed E-state index contributed by atoms with van der Waals surface area (Å²) < 4.78 is 5.92. The third kappa shape index (κ3) is 25.5. The monoisotopic (exact) mass is 598 g/mol. The van der Waals surface area contributed by atoms with Crippen LogP contribution in [-0.2, 0) is 23.9 Å². The van der Waals surface area contributed by atoms with Crippen molar-refractivity contribution in [1.82, 2.24) is 10.6 Å². The topological polar surface area (TPSA) is 142 Å². The Morgan fingerprint density at radius 3 is 1.55 bits per heavy atom. The third-order valence-electron chi connectivity index (χ3n) is 7.60. The standard InChI is InChI=1S/C33H62N2O7/c1-3-5-7-9-11-12-17-21-25-32(39)42-28(22-18-14-10-8-6-4-2)23-19-15-13-16-20-24-30(37)34-26-31(38)35-29(27-36)33(40)41/h28-29,36H,3-27H2,1-2H3,(H,34,37)(H,35,38)(H,40,41). The molecular weight excluding hydrogens is 536 g/mol. The first-order valence-electron chi connectivity index (χ1n) is 16.9. The number of aliphatic carboxylic acids is 1. The van der Waals surface area contributed by atoms with Gasteiger partial charge in [-0.05, 0) is 38.5 Å². The Morgan fingerprint density at radius 1 is 0.619 bits per heavy atom. The Morgan fingerprint density at radius 2 is 1.07 bits per heavy atom. The Hall–Kier alpha value is -2.16. The number of carboxylic acid groups (broad SMARTS) is 1. The second-order valence-corrected chi connectivity index (χ2v) is 11.6. The van der Waals surface area contributed by atoms with Gasteiger partial charge in [-0.25, -0.2) is 4.79 Å². The molecule has 0 aromatic carbocycles. The number of aliphatic hydroxyl groups is 1. The molecule has 9 heteroatoms. The van der Waals surface area contributed by atoms with Crippen LogP contribution in [0.3, 0.4) is 0 Å². The van der Waals surface area contributed by atoms with Crippen molar-refractivity contribution < 1.29 is 34.1 Å². The summed E-state index contributed by atoms with van der Waals surface area (Å²) in [6.07, 6.45) is 24.3. The van der Waals surface area contributed by atoms with E-state index in [-0.39, 0.29) is 24.5 Å². The zero-order valence-electron chi connectivity index (χ0n) is 26.8. The van der Waals surface area contributed by atoms with Crippen LogP contribution >= 0.6 is 0 Å². The highest BCUT2D eigenvalue weighted by atomic mass is 16.5. The van der Waals surface area contributed by atoms with Gasteiger partial charge in [0.15, 0.2) is 0 Å². The molecule has 2 amide bonds. The van der Waals surface area contributed by atoms with E-state index in [1.165, 1.54) is 70.6 Å². The highest BCUT2D eigenvalue weighted by molar-refractivity contribution is 5.87. The number of ether oxygens (including phenoxy) is 1. The summed E-state index contributed by atoms with van der Waals surface area (Å²) in [5.74, 6) is -2.29. The van der Waals surface area contributed by atoms with Crippen molar-refractivity contribution in [2.45, 2.75) is 174 Å². The van der Waals surface area contributed by atoms with Crippen LogP contribution in [0.1, 0.15) is 162 Å². The van der Waals surface area contributed by atoms with Gasteiger partial charge in [0.2, 0.25) is 11.8 Å². The fraction of sp³-hybridized carbons (Fsp3) is 0.879. The van der Waals surface area contributed by atoms with E-state index >= 15 is 0 Å². The molecule has 0 fully saturated rings. The van der Waals surface area contributed by atoms with Crippen molar-refractivity contribution in [2.75, 3.05) is 13.2 Å². The number of nitrogens with one attached hydrogen (secondary N) is 2. The van der Waals surface area contributed by atoms with Gasteiger partial charge in [0.1, 0.15) is 12.1 Å². The highest BCUT2D eigenvalue weighted by Gasteiger charge is 2.19. The summed E-state index contributed by atoms with van der Waals surface area (Å²) >= 11 is 0. The van der Waals surface area contributed by atoms with Gasteiger partial charge in [0.25, 0.3) is 0 Å². The number of carboxylic acids is 1. The van der Waals surface area contributed by atoms with Gasteiger partial charge < -0.3 is 25.6 Å². The molecule has 0 rings (SSSR count). The van der Waals surface area contributed by atoms with Gasteiger partial charge in [-0.2, -0.15) is 0 Å². The Bertz CT molecular complexity index is 702. The van der Waals surface area contributed by atoms with Gasteiger partial charge in [-0.1, -0.05) is 110 Å². The predicted molar refractivity (Wildman–Crippen MR) is 167 cm³/mol. The quantitative estimate of drug-likeness (QED) is 0.0540. The number of rotatable bonds is 30. The lowest BCUT2D eigenvalue weighted by atomic mass is 10.0. The molecule has 2 atom stereocenters. The molecule has 0 saturated heterocycles. The number of hydrogen-bond acceptors (Lipinski definition) is 6. The van der Waals surface area contributed by atoms with Crippen molar-refractivity contribution in [3.63, 3.8) is 0 Å².